The Balaban J connectivity index is 4.11. The van der Waals surface area contributed by atoms with Crippen LogP contribution in [0.5, 0.6) is 0 Å². The number of hydrogen-bond acceptors (Lipinski definition) is 7. The fourth-order valence-electron chi connectivity index (χ4n) is 5.31. The van der Waals surface area contributed by atoms with Crippen molar-refractivity contribution in [1.29, 1.82) is 0 Å². The van der Waals surface area contributed by atoms with E-state index in [0.29, 0.717) is 45.2 Å². The number of aliphatic carboxylic acids is 1. The van der Waals surface area contributed by atoms with E-state index in [4.69, 9.17) is 16.6 Å². The topological polar surface area (TPSA) is 206 Å². The smallest absolute Gasteiger partial charge is 0.305 e. The van der Waals surface area contributed by atoms with Gasteiger partial charge in [0, 0.05) is 50.9 Å². The predicted octanol–water partition coefficient (Wildman–Crippen LogP) is 3.79. The van der Waals surface area contributed by atoms with Crippen molar-refractivity contribution in [2.24, 2.45) is 11.5 Å². The second kappa shape index (κ2) is 30.9. The van der Waals surface area contributed by atoms with E-state index >= 15 is 0 Å². The van der Waals surface area contributed by atoms with Crippen LogP contribution in [0.2, 0.25) is 0 Å². The lowest BCUT2D eigenvalue weighted by atomic mass is 10.0. The predicted molar refractivity (Wildman–Crippen MR) is 183 cm³/mol. The van der Waals surface area contributed by atoms with Crippen molar-refractivity contribution >= 4 is 29.6 Å². The van der Waals surface area contributed by atoms with Gasteiger partial charge >= 0.3 is 5.97 Å². The molecule has 0 aliphatic heterocycles. The van der Waals surface area contributed by atoms with Crippen molar-refractivity contribution in [3.8, 4) is 0 Å². The number of nitrogens with two attached hydrogens (primary N) is 2. The maximum absolute atomic E-state index is 12.5. The summed E-state index contributed by atoms with van der Waals surface area (Å²) in [6.45, 7) is 3.35. The summed E-state index contributed by atoms with van der Waals surface area (Å²) in [6.07, 6.45) is 19.0. The van der Waals surface area contributed by atoms with Gasteiger partial charge < -0.3 is 37.8 Å². The molecule has 12 nitrogen and oxygen atoms in total. The van der Waals surface area contributed by atoms with Gasteiger partial charge in [0.05, 0.1) is 6.42 Å². The van der Waals surface area contributed by atoms with Crippen LogP contribution in [0.4, 0.5) is 0 Å². The van der Waals surface area contributed by atoms with Crippen molar-refractivity contribution < 1.29 is 29.1 Å². The maximum Gasteiger partial charge on any atom is 0.305 e. The normalized spacial score (nSPS) is 12.2. The summed E-state index contributed by atoms with van der Waals surface area (Å²) in [4.78, 5) is 60.3. The molecule has 0 spiro atoms. The maximum atomic E-state index is 12.5. The van der Waals surface area contributed by atoms with Gasteiger partial charge in [-0.15, -0.1) is 0 Å². The van der Waals surface area contributed by atoms with Crippen LogP contribution in [0.3, 0.4) is 0 Å². The molecule has 0 aromatic carbocycles. The first-order valence-corrected chi connectivity index (χ1v) is 18.0. The van der Waals surface area contributed by atoms with Gasteiger partial charge in [-0.25, -0.2) is 0 Å². The minimum Gasteiger partial charge on any atom is -0.481 e. The molecule has 0 fully saturated rings. The van der Waals surface area contributed by atoms with E-state index in [0.717, 1.165) is 19.3 Å². The molecule has 0 saturated carbocycles. The molecule has 268 valence electrons. The van der Waals surface area contributed by atoms with Crippen LogP contribution in [0.15, 0.2) is 0 Å². The van der Waals surface area contributed by atoms with Gasteiger partial charge in [0.25, 0.3) is 0 Å². The van der Waals surface area contributed by atoms with Crippen molar-refractivity contribution in [1.82, 2.24) is 21.3 Å². The fourth-order valence-corrected chi connectivity index (χ4v) is 5.31. The van der Waals surface area contributed by atoms with Gasteiger partial charge in [0.2, 0.25) is 23.6 Å². The Morgan fingerprint density at radius 3 is 1.41 bits per heavy atom. The monoisotopic (exact) mass is 655 g/mol. The van der Waals surface area contributed by atoms with Crippen molar-refractivity contribution in [2.75, 3.05) is 26.2 Å². The van der Waals surface area contributed by atoms with Crippen LogP contribution in [0, 0.1) is 0 Å². The quantitative estimate of drug-likeness (QED) is 0.0530. The zero-order chi connectivity index (χ0) is 34.3. The third-order valence-corrected chi connectivity index (χ3v) is 7.95. The Bertz CT molecular complexity index is 828. The highest BCUT2D eigenvalue weighted by atomic mass is 16.4. The Labute approximate surface area is 277 Å². The molecule has 0 saturated heterocycles. The molecule has 46 heavy (non-hydrogen) atoms. The van der Waals surface area contributed by atoms with E-state index < -0.39 is 12.0 Å². The second-order valence-electron chi connectivity index (χ2n) is 12.4. The molecule has 0 bridgehead atoms. The molecule has 0 aromatic rings. The molecule has 0 aliphatic carbocycles. The summed E-state index contributed by atoms with van der Waals surface area (Å²) in [5.41, 5.74) is 11.1. The summed E-state index contributed by atoms with van der Waals surface area (Å²) in [5, 5.41) is 20.0. The number of rotatable bonds is 32. The van der Waals surface area contributed by atoms with E-state index in [-0.39, 0.29) is 68.4 Å². The van der Waals surface area contributed by atoms with Crippen LogP contribution >= 0.6 is 0 Å². The lowest BCUT2D eigenvalue weighted by Gasteiger charge is -2.18. The zero-order valence-electron chi connectivity index (χ0n) is 28.7. The van der Waals surface area contributed by atoms with Crippen molar-refractivity contribution in [3.63, 3.8) is 0 Å². The molecule has 0 rings (SSSR count). The molecule has 0 aliphatic rings. The van der Waals surface area contributed by atoms with Crippen LogP contribution in [0.1, 0.15) is 148 Å². The highest BCUT2D eigenvalue weighted by molar-refractivity contribution is 5.81. The zero-order valence-corrected chi connectivity index (χ0v) is 28.7. The van der Waals surface area contributed by atoms with E-state index in [2.05, 4.69) is 28.2 Å². The average molecular weight is 655 g/mol. The number of carbonyl (C=O) groups excluding carboxylic acids is 4. The minimum atomic E-state index is -1.00. The van der Waals surface area contributed by atoms with Gasteiger partial charge in [-0.3, -0.25) is 24.0 Å². The molecule has 0 aromatic heterocycles. The van der Waals surface area contributed by atoms with Crippen LogP contribution < -0.4 is 32.7 Å². The van der Waals surface area contributed by atoms with Crippen LogP contribution in [-0.4, -0.2) is 73.0 Å². The number of carbonyl (C=O) groups is 5. The highest BCUT2D eigenvalue weighted by Gasteiger charge is 2.17. The first-order chi connectivity index (χ1) is 22.2. The lowest BCUT2D eigenvalue weighted by Crippen LogP contribution is -2.40. The minimum absolute atomic E-state index is 0.0126. The van der Waals surface area contributed by atoms with E-state index in [1.54, 1.807) is 0 Å². The molecular weight excluding hydrogens is 588 g/mol. The lowest BCUT2D eigenvalue weighted by molar-refractivity contribution is -0.138. The number of nitrogens with one attached hydrogen (secondary N) is 4. The number of hydrogen-bond donors (Lipinski definition) is 7. The average Bonchev–Trinajstić information content (AvgIpc) is 3.00. The van der Waals surface area contributed by atoms with Gasteiger partial charge in [-0.2, -0.15) is 0 Å². The Kier molecular flexibility index (Phi) is 29.1. The molecule has 0 heterocycles. The first-order valence-electron chi connectivity index (χ1n) is 18.0. The summed E-state index contributed by atoms with van der Waals surface area (Å²) >= 11 is 0. The summed E-state index contributed by atoms with van der Waals surface area (Å²) in [6, 6.07) is -0.808. The van der Waals surface area contributed by atoms with E-state index in [1.165, 1.54) is 64.2 Å². The van der Waals surface area contributed by atoms with Crippen molar-refractivity contribution in [2.45, 2.75) is 160 Å². The molecule has 0 radical (unpaired) electrons. The third-order valence-electron chi connectivity index (χ3n) is 7.95. The highest BCUT2D eigenvalue weighted by Crippen LogP contribution is 2.13. The Hall–Kier alpha value is -2.73. The number of carboxylic acids is 1. The van der Waals surface area contributed by atoms with Gasteiger partial charge in [0.15, 0.2) is 0 Å². The van der Waals surface area contributed by atoms with E-state index in [9.17, 15) is 24.0 Å². The Morgan fingerprint density at radius 2 is 0.935 bits per heavy atom. The molecule has 4 amide bonds. The number of unbranched alkanes of at least 4 members (excludes halogenated alkanes) is 12. The SMILES string of the molecule is CCCCCCCCCCCCCCCC(=O)N[C@H](CCCN)CC(=O)NCCC(=O)NCCC(=O)N[C@H](CCCN)CC(=O)O. The number of amides is 4. The van der Waals surface area contributed by atoms with Gasteiger partial charge in [-0.05, 0) is 45.2 Å². The standard InChI is InChI=1S/C34H66N6O6/c1-2-3-4-5-6-7-8-9-10-11-12-13-14-19-31(42)39-28(17-15-22-35)26-33(44)38-24-20-30(41)37-25-21-32(43)40-29(18-16-23-36)27-34(45)46/h28-29H,2-27,35-36H2,1H3,(H,37,41)(H,38,44)(H,39,42)(H,40,43)(H,45,46)/t28-,29-/m1/s1. The van der Waals surface area contributed by atoms with Gasteiger partial charge in [0.1, 0.15) is 0 Å². The molecule has 12 heteroatoms. The molecule has 0 unspecified atom stereocenters. The van der Waals surface area contributed by atoms with Crippen molar-refractivity contribution in [3.05, 3.63) is 0 Å². The summed E-state index contributed by atoms with van der Waals surface area (Å²) in [7, 11) is 0. The second-order valence-corrected chi connectivity index (χ2v) is 12.4. The fraction of sp³-hybridized carbons (Fsp3) is 0.853. The summed E-state index contributed by atoms with van der Waals surface area (Å²) in [5.74, 6) is -1.97. The van der Waals surface area contributed by atoms with Gasteiger partial charge in [-0.1, -0.05) is 84.0 Å². The first kappa shape index (κ1) is 43.3. The molecule has 9 N–H and O–H groups in total. The number of carboxylic acid groups (broad SMARTS) is 1. The third kappa shape index (κ3) is 28.7. The molecule has 2 atom stereocenters. The van der Waals surface area contributed by atoms with Crippen LogP contribution in [-0.2, 0) is 24.0 Å². The Morgan fingerprint density at radius 1 is 0.522 bits per heavy atom. The molecular formula is C34H66N6O6. The van der Waals surface area contributed by atoms with Crippen LogP contribution in [0.25, 0.3) is 0 Å². The largest absolute Gasteiger partial charge is 0.481 e. The summed E-state index contributed by atoms with van der Waals surface area (Å²) < 4.78 is 0. The van der Waals surface area contributed by atoms with E-state index in [1.807, 2.05) is 0 Å².